The largest absolute Gasteiger partial charge is 0.494 e. The number of rotatable bonds is 6. The van der Waals surface area contributed by atoms with Crippen LogP contribution in [0.4, 0.5) is 5.69 Å². The molecule has 1 saturated heterocycles. The number of piperazine rings is 1. The van der Waals surface area contributed by atoms with E-state index in [2.05, 4.69) is 17.0 Å². The van der Waals surface area contributed by atoms with Gasteiger partial charge in [-0.25, -0.2) is 8.42 Å². The third-order valence-electron chi connectivity index (χ3n) is 4.71. The Labute approximate surface area is 156 Å². The van der Waals surface area contributed by atoms with Crippen LogP contribution in [-0.4, -0.2) is 45.5 Å². The molecule has 0 amide bonds. The maximum atomic E-state index is 13.0. The molecule has 1 fully saturated rings. The highest BCUT2D eigenvalue weighted by molar-refractivity contribution is 7.89. The zero-order valence-electron chi connectivity index (χ0n) is 15.4. The van der Waals surface area contributed by atoms with Crippen molar-refractivity contribution in [1.29, 1.82) is 0 Å². The number of hydrogen-bond donors (Lipinski definition) is 0. The van der Waals surface area contributed by atoms with Crippen LogP contribution in [0.15, 0.2) is 53.4 Å². The Balaban J connectivity index is 1.75. The highest BCUT2D eigenvalue weighted by Gasteiger charge is 2.29. The van der Waals surface area contributed by atoms with Gasteiger partial charge in [0.1, 0.15) is 5.75 Å². The lowest BCUT2D eigenvalue weighted by atomic mass is 10.1. The van der Waals surface area contributed by atoms with Gasteiger partial charge in [-0.1, -0.05) is 25.1 Å². The molecule has 1 aliphatic rings. The third-order valence-corrected chi connectivity index (χ3v) is 6.61. The molecule has 1 aliphatic heterocycles. The van der Waals surface area contributed by atoms with E-state index in [0.29, 0.717) is 37.7 Å². The third kappa shape index (κ3) is 3.86. The first-order valence-electron chi connectivity index (χ1n) is 9.12. The fourth-order valence-corrected chi connectivity index (χ4v) is 4.74. The highest BCUT2D eigenvalue weighted by atomic mass is 32.2. The second-order valence-corrected chi connectivity index (χ2v) is 8.22. The molecule has 5 nitrogen and oxygen atoms in total. The van der Waals surface area contributed by atoms with Gasteiger partial charge in [-0.15, -0.1) is 0 Å². The van der Waals surface area contributed by atoms with Crippen molar-refractivity contribution in [3.05, 3.63) is 54.1 Å². The fraction of sp³-hybridized carbons (Fsp3) is 0.400. The quantitative estimate of drug-likeness (QED) is 0.779. The number of ether oxygens (including phenoxy) is 1. The SMILES string of the molecule is CCOc1ccc(S(=O)(=O)N2CCN(c3ccccc3)CC2)cc1CC. The molecule has 0 aliphatic carbocycles. The smallest absolute Gasteiger partial charge is 0.243 e. The van der Waals surface area contributed by atoms with Gasteiger partial charge < -0.3 is 9.64 Å². The number of sulfonamides is 1. The second kappa shape index (κ2) is 8.10. The Hall–Kier alpha value is -2.05. The maximum Gasteiger partial charge on any atom is 0.243 e. The van der Waals surface area contributed by atoms with Crippen LogP contribution in [0.25, 0.3) is 0 Å². The summed E-state index contributed by atoms with van der Waals surface area (Å²) in [6.45, 7) is 6.88. The second-order valence-electron chi connectivity index (χ2n) is 6.28. The van der Waals surface area contributed by atoms with Crippen LogP contribution in [0, 0.1) is 0 Å². The molecule has 140 valence electrons. The predicted molar refractivity (Wildman–Crippen MR) is 104 cm³/mol. The van der Waals surface area contributed by atoms with Gasteiger partial charge in [0.2, 0.25) is 10.0 Å². The predicted octanol–water partition coefficient (Wildman–Crippen LogP) is 3.16. The van der Waals surface area contributed by atoms with Gasteiger partial charge in [-0.3, -0.25) is 0 Å². The lowest BCUT2D eigenvalue weighted by molar-refractivity contribution is 0.336. The minimum atomic E-state index is -3.48. The van der Waals surface area contributed by atoms with E-state index in [0.717, 1.165) is 23.4 Å². The summed E-state index contributed by atoms with van der Waals surface area (Å²) in [5.41, 5.74) is 2.06. The van der Waals surface area contributed by atoms with Crippen LogP contribution in [-0.2, 0) is 16.4 Å². The molecule has 2 aromatic rings. The van der Waals surface area contributed by atoms with Gasteiger partial charge in [-0.05, 0) is 49.2 Å². The fourth-order valence-electron chi connectivity index (χ4n) is 3.26. The Kier molecular flexibility index (Phi) is 5.84. The topological polar surface area (TPSA) is 49.9 Å². The molecule has 0 N–H and O–H groups in total. The molecule has 0 bridgehead atoms. The van der Waals surface area contributed by atoms with Gasteiger partial charge in [0.25, 0.3) is 0 Å². The summed E-state index contributed by atoms with van der Waals surface area (Å²) in [6.07, 6.45) is 0.737. The maximum absolute atomic E-state index is 13.0. The van der Waals surface area contributed by atoms with Gasteiger partial charge >= 0.3 is 0 Å². The average molecular weight is 375 g/mol. The van der Waals surface area contributed by atoms with E-state index < -0.39 is 10.0 Å². The Morgan fingerprint density at radius 2 is 1.65 bits per heavy atom. The van der Waals surface area contributed by atoms with Gasteiger partial charge in [0.05, 0.1) is 11.5 Å². The molecule has 3 rings (SSSR count). The van der Waals surface area contributed by atoms with E-state index in [9.17, 15) is 8.42 Å². The first kappa shape index (κ1) is 18.7. The van der Waals surface area contributed by atoms with Crippen LogP contribution in [0.2, 0.25) is 0 Å². The molecule has 0 unspecified atom stereocenters. The number of hydrogen-bond acceptors (Lipinski definition) is 4. The normalized spacial score (nSPS) is 15.8. The zero-order valence-corrected chi connectivity index (χ0v) is 16.2. The molecule has 0 aromatic heterocycles. The molecule has 0 radical (unpaired) electrons. The summed E-state index contributed by atoms with van der Waals surface area (Å²) < 4.78 is 33.2. The summed E-state index contributed by atoms with van der Waals surface area (Å²) in [5.74, 6) is 0.767. The summed E-state index contributed by atoms with van der Waals surface area (Å²) in [7, 11) is -3.48. The standard InChI is InChI=1S/C20H26N2O3S/c1-3-17-16-19(10-11-20(17)25-4-2)26(23,24)22-14-12-21(13-15-22)18-8-6-5-7-9-18/h5-11,16H,3-4,12-15H2,1-2H3. The van der Waals surface area contributed by atoms with E-state index in [1.54, 1.807) is 22.5 Å². The van der Waals surface area contributed by atoms with Crippen molar-refractivity contribution in [3.8, 4) is 5.75 Å². The summed E-state index contributed by atoms with van der Waals surface area (Å²) in [5, 5.41) is 0. The number of nitrogens with zero attached hydrogens (tertiary/aromatic N) is 2. The summed E-state index contributed by atoms with van der Waals surface area (Å²) in [6, 6.07) is 15.3. The lowest BCUT2D eigenvalue weighted by Crippen LogP contribution is -2.48. The molecule has 26 heavy (non-hydrogen) atoms. The van der Waals surface area contributed by atoms with Crippen LogP contribution in [0.3, 0.4) is 0 Å². The van der Waals surface area contributed by atoms with E-state index >= 15 is 0 Å². The zero-order chi connectivity index (χ0) is 18.6. The van der Waals surface area contributed by atoms with Crippen molar-refractivity contribution in [2.24, 2.45) is 0 Å². The van der Waals surface area contributed by atoms with E-state index in [4.69, 9.17) is 4.74 Å². The number of benzene rings is 2. The number of para-hydroxylation sites is 1. The summed E-state index contributed by atoms with van der Waals surface area (Å²) in [4.78, 5) is 2.58. The molecule has 1 heterocycles. The molecular formula is C20H26N2O3S. The molecule has 0 atom stereocenters. The van der Waals surface area contributed by atoms with Crippen molar-refractivity contribution >= 4 is 15.7 Å². The minimum Gasteiger partial charge on any atom is -0.494 e. The van der Waals surface area contributed by atoms with E-state index in [1.165, 1.54) is 0 Å². The van der Waals surface area contributed by atoms with E-state index in [1.807, 2.05) is 32.0 Å². The Morgan fingerprint density at radius 1 is 0.962 bits per heavy atom. The lowest BCUT2D eigenvalue weighted by Gasteiger charge is -2.35. The summed E-state index contributed by atoms with van der Waals surface area (Å²) >= 11 is 0. The van der Waals surface area contributed by atoms with Crippen LogP contribution in [0.5, 0.6) is 5.75 Å². The van der Waals surface area contributed by atoms with Crippen LogP contribution in [0.1, 0.15) is 19.4 Å². The van der Waals surface area contributed by atoms with E-state index in [-0.39, 0.29) is 0 Å². The van der Waals surface area contributed by atoms with Gasteiger partial charge in [0, 0.05) is 31.9 Å². The molecule has 0 spiro atoms. The number of aryl methyl sites for hydroxylation is 1. The number of anilines is 1. The van der Waals surface area contributed by atoms with Crippen molar-refractivity contribution in [2.45, 2.75) is 25.2 Å². The minimum absolute atomic E-state index is 0.353. The monoisotopic (exact) mass is 374 g/mol. The first-order valence-corrected chi connectivity index (χ1v) is 10.6. The van der Waals surface area contributed by atoms with Crippen molar-refractivity contribution in [1.82, 2.24) is 4.31 Å². The van der Waals surface area contributed by atoms with Crippen molar-refractivity contribution in [3.63, 3.8) is 0 Å². The molecule has 0 saturated carbocycles. The Bertz CT molecular complexity index is 829. The molecule has 2 aromatic carbocycles. The molecular weight excluding hydrogens is 348 g/mol. The average Bonchev–Trinajstić information content (AvgIpc) is 2.69. The molecule has 6 heteroatoms. The first-order chi connectivity index (χ1) is 12.6. The van der Waals surface area contributed by atoms with Crippen molar-refractivity contribution < 1.29 is 13.2 Å². The van der Waals surface area contributed by atoms with Crippen LogP contribution >= 0.6 is 0 Å². The Morgan fingerprint density at radius 3 is 2.27 bits per heavy atom. The van der Waals surface area contributed by atoms with Gasteiger partial charge in [0.15, 0.2) is 0 Å². The van der Waals surface area contributed by atoms with Crippen molar-refractivity contribution in [2.75, 3.05) is 37.7 Å². The highest BCUT2D eigenvalue weighted by Crippen LogP contribution is 2.26. The van der Waals surface area contributed by atoms with Crippen LogP contribution < -0.4 is 9.64 Å². The van der Waals surface area contributed by atoms with Gasteiger partial charge in [-0.2, -0.15) is 4.31 Å².